The lowest BCUT2D eigenvalue weighted by molar-refractivity contribution is 0.0705. The molecule has 2 aliphatic rings. The summed E-state index contributed by atoms with van der Waals surface area (Å²) in [5.74, 6) is -0.147. The second-order valence-corrected chi connectivity index (χ2v) is 6.60. The molecule has 27 heavy (non-hydrogen) atoms. The Bertz CT molecular complexity index is 829. The van der Waals surface area contributed by atoms with Crippen LogP contribution in [0.5, 0.6) is 0 Å². The lowest BCUT2D eigenvalue weighted by Crippen LogP contribution is -2.49. The van der Waals surface area contributed by atoms with E-state index in [0.717, 1.165) is 12.0 Å². The Morgan fingerprint density at radius 1 is 1.15 bits per heavy atom. The van der Waals surface area contributed by atoms with Gasteiger partial charge in [-0.25, -0.2) is 20.2 Å². The fraction of sp³-hybridized carbons (Fsp3) is 0.333. The van der Waals surface area contributed by atoms with Crippen LogP contribution < -0.4 is 10.4 Å². The van der Waals surface area contributed by atoms with Crippen LogP contribution in [0.15, 0.2) is 42.7 Å². The van der Waals surface area contributed by atoms with Gasteiger partial charge in [0, 0.05) is 25.5 Å². The summed E-state index contributed by atoms with van der Waals surface area (Å²) in [4.78, 5) is 35.9. The minimum atomic E-state index is -0.656. The van der Waals surface area contributed by atoms with E-state index in [2.05, 4.69) is 9.97 Å². The molecule has 0 spiro atoms. The van der Waals surface area contributed by atoms with Gasteiger partial charge >= 0.3 is 6.09 Å². The topological polar surface area (TPSA) is 108 Å². The van der Waals surface area contributed by atoms with Gasteiger partial charge in [0.2, 0.25) is 5.95 Å². The number of piperazine rings is 1. The van der Waals surface area contributed by atoms with Gasteiger partial charge in [0.1, 0.15) is 6.61 Å². The summed E-state index contributed by atoms with van der Waals surface area (Å²) in [7, 11) is 0. The Morgan fingerprint density at radius 2 is 1.89 bits per heavy atom. The number of carbonyl (C=O) groups is 2. The summed E-state index contributed by atoms with van der Waals surface area (Å²) in [6.07, 6.45) is 3.27. The molecule has 0 unspecified atom stereocenters. The predicted octanol–water partition coefficient (Wildman–Crippen LogP) is 1.20. The molecule has 0 saturated carbocycles. The molecule has 9 heteroatoms. The Kier molecular flexibility index (Phi) is 4.59. The Hall–Kier alpha value is -3.20. The maximum atomic E-state index is 12.4. The van der Waals surface area contributed by atoms with Crippen molar-refractivity contribution in [2.24, 2.45) is 0 Å². The normalized spacial score (nSPS) is 20.6. The maximum Gasteiger partial charge on any atom is 0.410 e. The lowest BCUT2D eigenvalue weighted by atomic mass is 10.2. The van der Waals surface area contributed by atoms with Crippen LogP contribution in [0.2, 0.25) is 0 Å². The molecule has 2 aromatic rings. The zero-order chi connectivity index (χ0) is 18.8. The van der Waals surface area contributed by atoms with Crippen molar-refractivity contribution in [3.05, 3.63) is 53.9 Å². The lowest BCUT2D eigenvalue weighted by Gasteiger charge is -2.33. The van der Waals surface area contributed by atoms with E-state index in [1.165, 1.54) is 12.4 Å². The Morgan fingerprint density at radius 3 is 2.52 bits per heavy atom. The smallest absolute Gasteiger partial charge is 0.410 e. The number of benzene rings is 1. The number of nitrogens with one attached hydrogen (secondary N) is 1. The van der Waals surface area contributed by atoms with Gasteiger partial charge in [-0.05, 0) is 12.0 Å². The zero-order valence-corrected chi connectivity index (χ0v) is 14.5. The molecule has 140 valence electrons. The van der Waals surface area contributed by atoms with E-state index in [1.807, 2.05) is 35.2 Å². The van der Waals surface area contributed by atoms with Gasteiger partial charge < -0.3 is 14.5 Å². The van der Waals surface area contributed by atoms with Crippen LogP contribution >= 0.6 is 0 Å². The average molecular weight is 369 g/mol. The summed E-state index contributed by atoms with van der Waals surface area (Å²) in [6, 6.07) is 9.76. The molecule has 0 aliphatic carbocycles. The highest BCUT2D eigenvalue weighted by Gasteiger charge is 2.46. The molecule has 2 bridgehead atoms. The summed E-state index contributed by atoms with van der Waals surface area (Å²) in [5.41, 5.74) is 2.68. The number of ether oxygens (including phenoxy) is 1. The summed E-state index contributed by atoms with van der Waals surface area (Å²) in [5, 5.41) is 8.64. The Balaban J connectivity index is 1.35. The molecule has 1 aromatic heterocycles. The third-order valence-electron chi connectivity index (χ3n) is 4.94. The number of hydrogen-bond acceptors (Lipinski definition) is 7. The number of hydrogen-bond donors (Lipinski definition) is 2. The third-order valence-corrected chi connectivity index (χ3v) is 4.94. The van der Waals surface area contributed by atoms with Crippen molar-refractivity contribution in [2.45, 2.75) is 25.1 Å². The molecule has 9 nitrogen and oxygen atoms in total. The van der Waals surface area contributed by atoms with Crippen molar-refractivity contribution in [2.75, 3.05) is 18.0 Å². The second-order valence-electron chi connectivity index (χ2n) is 6.60. The quantitative estimate of drug-likeness (QED) is 0.616. The van der Waals surface area contributed by atoms with Crippen LogP contribution in [0, 0.1) is 0 Å². The number of anilines is 1. The van der Waals surface area contributed by atoms with Crippen molar-refractivity contribution in [3.63, 3.8) is 0 Å². The van der Waals surface area contributed by atoms with E-state index in [1.54, 1.807) is 10.4 Å². The molecular weight excluding hydrogens is 350 g/mol. The number of aromatic nitrogens is 2. The van der Waals surface area contributed by atoms with Crippen LogP contribution in [0.4, 0.5) is 10.7 Å². The standard InChI is InChI=1S/C18H19N5O4/c24-16(21-26)13-7-19-17(20-8-13)22-9-15-6-14(22)10-23(15)18(25)27-11-12-4-2-1-3-5-12/h1-5,7-8,14-15,26H,6,9-11H2,(H,21,24)/t14-,15-/m0/s1. The monoisotopic (exact) mass is 369 g/mol. The zero-order valence-electron chi connectivity index (χ0n) is 14.5. The number of rotatable bonds is 4. The van der Waals surface area contributed by atoms with Crippen LogP contribution in [-0.2, 0) is 11.3 Å². The largest absolute Gasteiger partial charge is 0.445 e. The van der Waals surface area contributed by atoms with Gasteiger partial charge in [0.15, 0.2) is 0 Å². The van der Waals surface area contributed by atoms with E-state index in [4.69, 9.17) is 9.94 Å². The molecular formula is C18H19N5O4. The van der Waals surface area contributed by atoms with E-state index in [9.17, 15) is 9.59 Å². The minimum absolute atomic E-state index is 0.0577. The molecule has 2 aliphatic heterocycles. The van der Waals surface area contributed by atoms with E-state index < -0.39 is 5.91 Å². The van der Waals surface area contributed by atoms with E-state index >= 15 is 0 Å². The van der Waals surface area contributed by atoms with Crippen molar-refractivity contribution >= 4 is 17.9 Å². The number of amides is 2. The highest BCUT2D eigenvalue weighted by atomic mass is 16.6. The number of hydroxylamine groups is 1. The molecule has 2 saturated heterocycles. The predicted molar refractivity (Wildman–Crippen MR) is 94.2 cm³/mol. The first-order valence-electron chi connectivity index (χ1n) is 8.66. The van der Waals surface area contributed by atoms with Gasteiger partial charge in [-0.2, -0.15) is 0 Å². The first-order chi connectivity index (χ1) is 13.2. The van der Waals surface area contributed by atoms with Crippen molar-refractivity contribution in [1.82, 2.24) is 20.3 Å². The first kappa shape index (κ1) is 17.2. The second kappa shape index (κ2) is 7.20. The number of nitrogens with zero attached hydrogens (tertiary/aromatic N) is 4. The number of likely N-dealkylation sites (tertiary alicyclic amines) is 1. The first-order valence-corrected chi connectivity index (χ1v) is 8.66. The van der Waals surface area contributed by atoms with Gasteiger partial charge in [-0.15, -0.1) is 0 Å². The van der Waals surface area contributed by atoms with Gasteiger partial charge in [-0.3, -0.25) is 10.0 Å². The molecule has 0 radical (unpaired) electrons. The fourth-order valence-corrected chi connectivity index (χ4v) is 3.59. The SMILES string of the molecule is O=C(NO)c1cnc(N2C[C@@H]3C[C@H]2CN3C(=O)OCc2ccccc2)nc1. The van der Waals surface area contributed by atoms with Crippen LogP contribution in [0.3, 0.4) is 0 Å². The van der Waals surface area contributed by atoms with Crippen molar-refractivity contribution in [1.29, 1.82) is 0 Å². The van der Waals surface area contributed by atoms with Gasteiger partial charge in [-0.1, -0.05) is 30.3 Å². The minimum Gasteiger partial charge on any atom is -0.445 e. The number of fused-ring (bicyclic) bond motifs is 2. The van der Waals surface area contributed by atoms with Crippen molar-refractivity contribution < 1.29 is 19.5 Å². The molecule has 1 aromatic carbocycles. The van der Waals surface area contributed by atoms with Crippen LogP contribution in [-0.4, -0.2) is 57.2 Å². The summed E-state index contributed by atoms with van der Waals surface area (Å²) in [6.45, 7) is 1.44. The van der Waals surface area contributed by atoms with Crippen LogP contribution in [0.1, 0.15) is 22.3 Å². The van der Waals surface area contributed by atoms with Gasteiger partial charge in [0.25, 0.3) is 5.91 Å². The van der Waals surface area contributed by atoms with E-state index in [0.29, 0.717) is 19.0 Å². The maximum absolute atomic E-state index is 12.4. The third kappa shape index (κ3) is 3.41. The molecule has 4 rings (SSSR count). The average Bonchev–Trinajstić information content (AvgIpc) is 3.33. The van der Waals surface area contributed by atoms with Crippen LogP contribution in [0.25, 0.3) is 0 Å². The van der Waals surface area contributed by atoms with Gasteiger partial charge in [0.05, 0.1) is 17.6 Å². The fourth-order valence-electron chi connectivity index (χ4n) is 3.59. The molecule has 2 fully saturated rings. The highest BCUT2D eigenvalue weighted by molar-refractivity contribution is 5.92. The molecule has 2 N–H and O–H groups in total. The molecule has 2 atom stereocenters. The van der Waals surface area contributed by atoms with Crippen molar-refractivity contribution in [3.8, 4) is 0 Å². The molecule has 3 heterocycles. The number of carbonyl (C=O) groups excluding carboxylic acids is 2. The Labute approximate surface area is 155 Å². The van der Waals surface area contributed by atoms with E-state index in [-0.39, 0.29) is 30.3 Å². The highest BCUT2D eigenvalue weighted by Crippen LogP contribution is 2.33. The molecule has 2 amide bonds. The summed E-state index contributed by atoms with van der Waals surface area (Å²) < 4.78 is 5.43. The summed E-state index contributed by atoms with van der Waals surface area (Å²) >= 11 is 0.